The summed E-state index contributed by atoms with van der Waals surface area (Å²) in [6.07, 6.45) is -5.00. The van der Waals surface area contributed by atoms with Crippen molar-refractivity contribution in [3.63, 3.8) is 0 Å². The number of alkyl halides is 3. The van der Waals surface area contributed by atoms with Gasteiger partial charge in [-0.1, -0.05) is 11.3 Å². The van der Waals surface area contributed by atoms with Gasteiger partial charge < -0.3 is 0 Å². The smallest absolute Gasteiger partial charge is 0.298 e. The van der Waals surface area contributed by atoms with Crippen LogP contribution in [0.4, 0.5) is 28.4 Å². The van der Waals surface area contributed by atoms with Gasteiger partial charge in [-0.05, 0) is 24.3 Å². The van der Waals surface area contributed by atoms with Crippen LogP contribution in [0.25, 0.3) is 15.9 Å². The van der Waals surface area contributed by atoms with Gasteiger partial charge in [0.1, 0.15) is 11.5 Å². The Hall–Kier alpha value is -4.40. The molecule has 2 aromatic carbocycles. The Balaban J connectivity index is 1.71. The van der Waals surface area contributed by atoms with E-state index in [4.69, 9.17) is 0 Å². The number of carbonyl (C=O) groups excluding carboxylic acids is 1. The molecule has 0 unspecified atom stereocenters. The van der Waals surface area contributed by atoms with E-state index in [1.54, 1.807) is 0 Å². The number of carbonyl (C=O) groups is 1. The van der Waals surface area contributed by atoms with Gasteiger partial charge in [0.15, 0.2) is 5.13 Å². The van der Waals surface area contributed by atoms with Crippen LogP contribution in [0.5, 0.6) is 0 Å². The van der Waals surface area contributed by atoms with Crippen LogP contribution in [0.2, 0.25) is 0 Å². The van der Waals surface area contributed by atoms with E-state index in [0.29, 0.717) is 10.2 Å². The van der Waals surface area contributed by atoms with E-state index in [0.717, 1.165) is 36.6 Å². The summed E-state index contributed by atoms with van der Waals surface area (Å²) < 4.78 is 54.4. The minimum Gasteiger partial charge on any atom is -0.298 e. The van der Waals surface area contributed by atoms with Gasteiger partial charge in [-0.2, -0.15) is 13.2 Å². The molecule has 0 saturated heterocycles. The molecule has 0 bridgehead atoms. The topological polar surface area (TPSA) is 129 Å². The number of hydrogen-bond acceptors (Lipinski definition) is 7. The third-order valence-corrected chi connectivity index (χ3v) is 5.80. The van der Waals surface area contributed by atoms with Crippen LogP contribution in [0.1, 0.15) is 16.1 Å². The molecule has 1 amide bonds. The number of benzene rings is 2. The maximum Gasteiger partial charge on any atom is 0.431 e. The zero-order chi connectivity index (χ0) is 25.7. The summed E-state index contributed by atoms with van der Waals surface area (Å²) in [7, 11) is 0.771. The molecule has 35 heavy (non-hydrogen) atoms. The highest BCUT2D eigenvalue weighted by Gasteiger charge is 2.35. The summed E-state index contributed by atoms with van der Waals surface area (Å²) in [5.41, 5.74) is -5.19. The lowest BCUT2D eigenvalue weighted by Gasteiger charge is -2.14. The number of nitrogens with one attached hydrogen (secondary N) is 1. The summed E-state index contributed by atoms with van der Waals surface area (Å²) in [6, 6.07) is 6.68. The van der Waals surface area contributed by atoms with Gasteiger partial charge in [0.25, 0.3) is 17.2 Å². The van der Waals surface area contributed by atoms with Crippen molar-refractivity contribution in [2.75, 3.05) is 5.32 Å². The molecule has 1 N–H and O–H groups in total. The first-order chi connectivity index (χ1) is 16.4. The minimum absolute atomic E-state index is 0.0546. The molecule has 0 fully saturated rings. The average Bonchev–Trinajstić information content (AvgIpc) is 3.18. The standard InChI is InChI=1S/C20H11F4N5O5S/c1-27-15(20(22,23)24)8-16(30)28(19(27)32)13-6-9(2-4-11(13)21)17(31)26-18-25-12-5-3-10(29(33)34)7-14(12)35-18/h2-8H,1H3,(H,25,26,31). The molecule has 0 aliphatic carbocycles. The molecule has 0 aliphatic heterocycles. The lowest BCUT2D eigenvalue weighted by molar-refractivity contribution is -0.384. The number of fused-ring (bicyclic) bond motifs is 1. The van der Waals surface area contributed by atoms with Crippen molar-refractivity contribution >= 4 is 38.3 Å². The van der Waals surface area contributed by atoms with Gasteiger partial charge in [-0.25, -0.2) is 18.7 Å². The summed E-state index contributed by atoms with van der Waals surface area (Å²) in [5, 5.41) is 13.4. The number of halogens is 4. The van der Waals surface area contributed by atoms with E-state index in [-0.39, 0.29) is 31.6 Å². The quantitative estimate of drug-likeness (QED) is 0.255. The highest BCUT2D eigenvalue weighted by molar-refractivity contribution is 7.22. The molecule has 2 heterocycles. The number of nitrogens with zero attached hydrogens (tertiary/aromatic N) is 4. The van der Waals surface area contributed by atoms with Gasteiger partial charge in [-0.15, -0.1) is 0 Å². The van der Waals surface area contributed by atoms with Crippen LogP contribution in [0.15, 0.2) is 52.1 Å². The zero-order valence-corrected chi connectivity index (χ0v) is 18.1. The fourth-order valence-electron chi connectivity index (χ4n) is 3.19. The van der Waals surface area contributed by atoms with Crippen LogP contribution in [0, 0.1) is 15.9 Å². The number of thiazole rings is 1. The second kappa shape index (κ2) is 8.43. The van der Waals surface area contributed by atoms with Gasteiger partial charge >= 0.3 is 11.9 Å². The van der Waals surface area contributed by atoms with Crippen LogP contribution in [-0.2, 0) is 13.2 Å². The van der Waals surface area contributed by atoms with Gasteiger partial charge in [-0.3, -0.25) is 29.6 Å². The van der Waals surface area contributed by atoms with E-state index in [9.17, 15) is 42.1 Å². The predicted octanol–water partition coefficient (Wildman–Crippen LogP) is 3.46. The maximum absolute atomic E-state index is 14.5. The first-order valence-corrected chi connectivity index (χ1v) is 10.2. The van der Waals surface area contributed by atoms with Crippen molar-refractivity contribution in [3.8, 4) is 5.69 Å². The average molecular weight is 509 g/mol. The molecule has 0 atom stereocenters. The van der Waals surface area contributed by atoms with Gasteiger partial charge in [0.05, 0.1) is 20.8 Å². The van der Waals surface area contributed by atoms with Gasteiger partial charge in [0, 0.05) is 30.8 Å². The summed E-state index contributed by atoms with van der Waals surface area (Å²) in [4.78, 5) is 51.9. The molecule has 15 heteroatoms. The Morgan fingerprint density at radius 1 is 1.14 bits per heavy atom. The summed E-state index contributed by atoms with van der Waals surface area (Å²) >= 11 is 0.930. The summed E-state index contributed by atoms with van der Waals surface area (Å²) in [5.74, 6) is -1.97. The molecule has 0 saturated carbocycles. The number of nitro groups is 1. The van der Waals surface area contributed by atoms with Crippen molar-refractivity contribution in [1.29, 1.82) is 0 Å². The number of hydrogen-bond donors (Lipinski definition) is 1. The van der Waals surface area contributed by atoms with E-state index in [2.05, 4.69) is 10.3 Å². The van der Waals surface area contributed by atoms with Crippen LogP contribution < -0.4 is 16.6 Å². The van der Waals surface area contributed by atoms with E-state index < -0.39 is 45.5 Å². The molecular formula is C20H11F4N5O5S. The fourth-order valence-corrected chi connectivity index (χ4v) is 4.09. The van der Waals surface area contributed by atoms with Crippen molar-refractivity contribution in [2.24, 2.45) is 7.05 Å². The molecule has 2 aromatic heterocycles. The first-order valence-electron chi connectivity index (χ1n) is 9.43. The third-order valence-electron chi connectivity index (χ3n) is 4.86. The number of non-ortho nitro benzene ring substituents is 1. The van der Waals surface area contributed by atoms with Crippen molar-refractivity contribution in [2.45, 2.75) is 6.18 Å². The second-order valence-electron chi connectivity index (χ2n) is 7.09. The largest absolute Gasteiger partial charge is 0.431 e. The van der Waals surface area contributed by atoms with E-state index in [1.807, 2.05) is 0 Å². The Labute approximate surface area is 194 Å². The SMILES string of the molecule is Cn1c(C(F)(F)F)cc(=O)n(-c2cc(C(=O)Nc3nc4ccc([N+](=O)[O-])cc4s3)ccc2F)c1=O. The molecule has 4 aromatic rings. The molecule has 0 aliphatic rings. The lowest BCUT2D eigenvalue weighted by atomic mass is 10.1. The van der Waals surface area contributed by atoms with Crippen molar-refractivity contribution < 1.29 is 27.3 Å². The Morgan fingerprint density at radius 3 is 2.51 bits per heavy atom. The zero-order valence-electron chi connectivity index (χ0n) is 17.3. The molecule has 4 rings (SSSR count). The maximum atomic E-state index is 14.5. The number of aromatic nitrogens is 3. The summed E-state index contributed by atoms with van der Waals surface area (Å²) in [6.45, 7) is 0. The van der Waals surface area contributed by atoms with Gasteiger partial charge in [0.2, 0.25) is 0 Å². The van der Waals surface area contributed by atoms with Crippen LogP contribution in [0.3, 0.4) is 0 Å². The number of nitro benzene ring substituents is 1. The third kappa shape index (κ3) is 4.40. The van der Waals surface area contributed by atoms with E-state index in [1.165, 1.54) is 18.2 Å². The molecular weight excluding hydrogens is 498 g/mol. The Bertz CT molecular complexity index is 1640. The molecule has 10 nitrogen and oxygen atoms in total. The number of rotatable bonds is 4. The lowest BCUT2D eigenvalue weighted by Crippen LogP contribution is -2.41. The fraction of sp³-hybridized carbons (Fsp3) is 0.100. The van der Waals surface area contributed by atoms with Crippen molar-refractivity contribution in [3.05, 3.63) is 90.5 Å². The predicted molar refractivity (Wildman–Crippen MR) is 116 cm³/mol. The normalized spacial score (nSPS) is 11.6. The van der Waals surface area contributed by atoms with Crippen LogP contribution >= 0.6 is 11.3 Å². The number of amides is 1. The van der Waals surface area contributed by atoms with Crippen LogP contribution in [-0.4, -0.2) is 24.9 Å². The molecule has 0 spiro atoms. The highest BCUT2D eigenvalue weighted by Crippen LogP contribution is 2.30. The first kappa shape index (κ1) is 23.7. The highest BCUT2D eigenvalue weighted by atomic mass is 32.1. The Kier molecular flexibility index (Phi) is 5.72. The molecule has 0 radical (unpaired) electrons. The second-order valence-corrected chi connectivity index (χ2v) is 8.12. The minimum atomic E-state index is -5.00. The Morgan fingerprint density at radius 2 is 1.86 bits per heavy atom. The van der Waals surface area contributed by atoms with Crippen molar-refractivity contribution in [1.82, 2.24) is 14.1 Å². The monoisotopic (exact) mass is 509 g/mol. The number of anilines is 1. The van der Waals surface area contributed by atoms with E-state index >= 15 is 0 Å². The molecule has 180 valence electrons.